The molecule has 0 aliphatic carbocycles. The average molecular weight is 425 g/mol. The Labute approximate surface area is 186 Å². The van der Waals surface area contributed by atoms with E-state index in [1.165, 1.54) is 18.4 Å². The quantitative estimate of drug-likeness (QED) is 0.328. The minimum Gasteiger partial charge on any atom is -0.493 e. The second kappa shape index (κ2) is 13.0. The summed E-state index contributed by atoms with van der Waals surface area (Å²) < 4.78 is 10.9. The van der Waals surface area contributed by atoms with E-state index in [1.54, 1.807) is 7.11 Å². The molecule has 31 heavy (non-hydrogen) atoms. The zero-order chi connectivity index (χ0) is 21.7. The molecule has 3 rings (SSSR count). The number of likely N-dealkylation sites (tertiary alicyclic amines) is 1. The van der Waals surface area contributed by atoms with E-state index in [4.69, 9.17) is 9.47 Å². The largest absolute Gasteiger partial charge is 0.493 e. The van der Waals surface area contributed by atoms with Gasteiger partial charge in [-0.15, -0.1) is 0 Å². The number of rotatable bonds is 11. The third kappa shape index (κ3) is 7.56. The molecular weight excluding hydrogens is 388 g/mol. The summed E-state index contributed by atoms with van der Waals surface area (Å²) in [5.74, 6) is 1.70. The van der Waals surface area contributed by atoms with Gasteiger partial charge in [-0.2, -0.15) is 0 Å². The molecule has 0 radical (unpaired) electrons. The molecule has 1 aliphatic heterocycles. The third-order valence-corrected chi connectivity index (χ3v) is 5.57. The fourth-order valence-electron chi connectivity index (χ4n) is 3.92. The summed E-state index contributed by atoms with van der Waals surface area (Å²) in [7, 11) is 3.53. The Hall–Kier alpha value is -2.57. The van der Waals surface area contributed by atoms with Gasteiger partial charge >= 0.3 is 0 Å². The maximum Gasteiger partial charge on any atom is 0.191 e. The lowest BCUT2D eigenvalue weighted by molar-refractivity contribution is 0.172. The molecule has 2 N–H and O–H groups in total. The summed E-state index contributed by atoms with van der Waals surface area (Å²) in [6.07, 6.45) is 3.44. The van der Waals surface area contributed by atoms with Crippen LogP contribution in [0.25, 0.3) is 0 Å². The van der Waals surface area contributed by atoms with Crippen molar-refractivity contribution >= 4 is 5.96 Å². The Morgan fingerprint density at radius 1 is 1.03 bits per heavy atom. The van der Waals surface area contributed by atoms with Gasteiger partial charge in [0.2, 0.25) is 0 Å². The van der Waals surface area contributed by atoms with Crippen LogP contribution >= 0.6 is 0 Å². The minimum absolute atomic E-state index is 0.353. The van der Waals surface area contributed by atoms with Crippen molar-refractivity contribution in [2.45, 2.75) is 31.8 Å². The fourth-order valence-corrected chi connectivity index (χ4v) is 3.92. The van der Waals surface area contributed by atoms with Gasteiger partial charge in [0.15, 0.2) is 5.96 Å². The zero-order valence-electron chi connectivity index (χ0n) is 18.8. The van der Waals surface area contributed by atoms with Gasteiger partial charge in [-0.25, -0.2) is 0 Å². The number of benzene rings is 2. The molecule has 0 bridgehead atoms. The van der Waals surface area contributed by atoms with Crippen molar-refractivity contribution in [2.24, 2.45) is 4.99 Å². The van der Waals surface area contributed by atoms with E-state index >= 15 is 0 Å². The summed E-state index contributed by atoms with van der Waals surface area (Å²) in [6.45, 7) is 5.20. The zero-order valence-corrected chi connectivity index (χ0v) is 18.8. The first kappa shape index (κ1) is 23.1. The molecule has 2 aromatic rings. The molecule has 0 aromatic heterocycles. The number of nitrogens with zero attached hydrogens (tertiary/aromatic N) is 2. The van der Waals surface area contributed by atoms with Crippen LogP contribution < -0.4 is 15.4 Å². The number of methoxy groups -OCH3 is 1. The van der Waals surface area contributed by atoms with Crippen LogP contribution in [0, 0.1) is 0 Å². The Morgan fingerprint density at radius 3 is 2.58 bits per heavy atom. The molecular formula is C25H36N4O2. The third-order valence-electron chi connectivity index (χ3n) is 5.57. The topological polar surface area (TPSA) is 58.1 Å². The maximum absolute atomic E-state index is 5.81. The summed E-state index contributed by atoms with van der Waals surface area (Å²) in [6, 6.07) is 19.3. The molecule has 0 amide bonds. The number of aliphatic imine (C=N–C) groups is 1. The van der Waals surface area contributed by atoms with E-state index in [0.717, 1.165) is 43.3 Å². The lowest BCUT2D eigenvalue weighted by Gasteiger charge is -2.29. The average Bonchev–Trinajstić information content (AvgIpc) is 3.34. The number of hydrogen-bond donors (Lipinski definition) is 2. The van der Waals surface area contributed by atoms with E-state index < -0.39 is 0 Å². The number of nitrogens with one attached hydrogen (secondary N) is 2. The van der Waals surface area contributed by atoms with E-state index in [-0.39, 0.29) is 0 Å². The van der Waals surface area contributed by atoms with Crippen LogP contribution in [0.15, 0.2) is 59.6 Å². The standard InChI is InChI=1S/C25H36N4O2/c1-26-25(27-19-21-10-8-13-23(18-21)31-17-9-16-30-2)28-20-24(29-14-6-7-15-29)22-11-4-3-5-12-22/h3-5,8,10-13,18,24H,6-7,9,14-17,19-20H2,1-2H3,(H2,26,27,28). The predicted molar refractivity (Wildman–Crippen MR) is 127 cm³/mol. The normalized spacial score (nSPS) is 15.6. The van der Waals surface area contributed by atoms with Crippen molar-refractivity contribution in [2.75, 3.05) is 47.0 Å². The van der Waals surface area contributed by atoms with Crippen LogP contribution in [-0.2, 0) is 11.3 Å². The Balaban J connectivity index is 1.52. The van der Waals surface area contributed by atoms with E-state index in [0.29, 0.717) is 25.8 Å². The second-order valence-corrected chi connectivity index (χ2v) is 7.82. The monoisotopic (exact) mass is 424 g/mol. The van der Waals surface area contributed by atoms with Gasteiger partial charge < -0.3 is 20.1 Å². The summed E-state index contributed by atoms with van der Waals surface area (Å²) in [5.41, 5.74) is 2.51. The van der Waals surface area contributed by atoms with E-state index in [1.807, 2.05) is 19.2 Å². The molecule has 2 aromatic carbocycles. The van der Waals surface area contributed by atoms with Crippen molar-refractivity contribution in [3.63, 3.8) is 0 Å². The molecule has 1 atom stereocenters. The van der Waals surface area contributed by atoms with Crippen LogP contribution in [0.1, 0.15) is 36.4 Å². The molecule has 1 fully saturated rings. The van der Waals surface area contributed by atoms with Crippen LogP contribution in [0.5, 0.6) is 5.75 Å². The highest BCUT2D eigenvalue weighted by Crippen LogP contribution is 2.24. The van der Waals surface area contributed by atoms with Gasteiger partial charge in [0.1, 0.15) is 5.75 Å². The molecule has 1 saturated heterocycles. The van der Waals surface area contributed by atoms with Crippen molar-refractivity contribution in [1.82, 2.24) is 15.5 Å². The molecule has 1 aliphatic rings. The predicted octanol–water partition coefficient (Wildman–Crippen LogP) is 3.60. The first-order valence-electron chi connectivity index (χ1n) is 11.2. The van der Waals surface area contributed by atoms with Crippen LogP contribution in [0.3, 0.4) is 0 Å². The fraction of sp³-hybridized carbons (Fsp3) is 0.480. The van der Waals surface area contributed by atoms with Crippen LogP contribution in [-0.4, -0.2) is 57.9 Å². The van der Waals surface area contributed by atoms with Crippen molar-refractivity contribution < 1.29 is 9.47 Å². The molecule has 0 spiro atoms. The highest BCUT2D eigenvalue weighted by molar-refractivity contribution is 5.79. The lowest BCUT2D eigenvalue weighted by Crippen LogP contribution is -2.42. The van der Waals surface area contributed by atoms with Crippen LogP contribution in [0.2, 0.25) is 0 Å². The first-order chi connectivity index (χ1) is 15.3. The maximum atomic E-state index is 5.81. The summed E-state index contributed by atoms with van der Waals surface area (Å²) >= 11 is 0. The van der Waals surface area contributed by atoms with Gasteiger partial charge in [0, 0.05) is 40.3 Å². The first-order valence-corrected chi connectivity index (χ1v) is 11.2. The van der Waals surface area contributed by atoms with E-state index in [2.05, 4.69) is 63.0 Å². The summed E-state index contributed by atoms with van der Waals surface area (Å²) in [5, 5.41) is 6.96. The van der Waals surface area contributed by atoms with Crippen molar-refractivity contribution in [3.8, 4) is 5.75 Å². The molecule has 0 saturated carbocycles. The smallest absolute Gasteiger partial charge is 0.191 e. The van der Waals surface area contributed by atoms with E-state index in [9.17, 15) is 0 Å². The molecule has 1 heterocycles. The molecule has 1 unspecified atom stereocenters. The van der Waals surface area contributed by atoms with Crippen LogP contribution in [0.4, 0.5) is 0 Å². The highest BCUT2D eigenvalue weighted by Gasteiger charge is 2.23. The number of ether oxygens (including phenoxy) is 2. The Morgan fingerprint density at radius 2 is 1.84 bits per heavy atom. The van der Waals surface area contributed by atoms with Gasteiger partial charge in [-0.1, -0.05) is 42.5 Å². The highest BCUT2D eigenvalue weighted by atomic mass is 16.5. The van der Waals surface area contributed by atoms with Crippen molar-refractivity contribution in [3.05, 3.63) is 65.7 Å². The van der Waals surface area contributed by atoms with Gasteiger partial charge in [0.25, 0.3) is 0 Å². The minimum atomic E-state index is 0.353. The van der Waals surface area contributed by atoms with Crippen molar-refractivity contribution in [1.29, 1.82) is 0 Å². The number of hydrogen-bond acceptors (Lipinski definition) is 4. The number of guanidine groups is 1. The SMILES string of the molecule is CN=C(NCc1cccc(OCCCOC)c1)NCC(c1ccccc1)N1CCCC1. The molecule has 6 heteroatoms. The lowest BCUT2D eigenvalue weighted by atomic mass is 10.1. The van der Waals surface area contributed by atoms with Gasteiger partial charge in [-0.05, 0) is 49.2 Å². The Kier molecular flexibility index (Phi) is 9.67. The molecule has 168 valence electrons. The summed E-state index contributed by atoms with van der Waals surface area (Å²) in [4.78, 5) is 6.99. The van der Waals surface area contributed by atoms with Gasteiger partial charge in [-0.3, -0.25) is 9.89 Å². The van der Waals surface area contributed by atoms with Gasteiger partial charge in [0.05, 0.1) is 12.6 Å². The molecule has 6 nitrogen and oxygen atoms in total. The second-order valence-electron chi connectivity index (χ2n) is 7.82. The Bertz CT molecular complexity index is 791.